The lowest BCUT2D eigenvalue weighted by atomic mass is 10.5. The highest BCUT2D eigenvalue weighted by Crippen LogP contribution is 1.76. The zero-order valence-electron chi connectivity index (χ0n) is 6.31. The molecule has 9 heavy (non-hydrogen) atoms. The Labute approximate surface area is 57.7 Å². The van der Waals surface area contributed by atoms with Crippen LogP contribution < -0.4 is 5.73 Å². The van der Waals surface area contributed by atoms with Gasteiger partial charge in [-0.25, -0.2) is 4.79 Å². The second-order valence-corrected chi connectivity index (χ2v) is 1.17. The van der Waals surface area contributed by atoms with Gasteiger partial charge in [0.1, 0.15) is 0 Å². The smallest absolute Gasteiger partial charge is 0.404 e. The van der Waals surface area contributed by atoms with Gasteiger partial charge < -0.3 is 10.5 Å². The van der Waals surface area contributed by atoms with Crippen LogP contribution >= 0.6 is 0 Å². The predicted molar refractivity (Wildman–Crippen MR) is 39.3 cm³/mol. The van der Waals surface area contributed by atoms with Crippen LogP contribution in [0.2, 0.25) is 0 Å². The number of nitrogens with two attached hydrogens (primary N) is 1. The van der Waals surface area contributed by atoms with Crippen LogP contribution in [-0.2, 0) is 4.74 Å². The number of carbonyl (C=O) groups excluding carboxylic acids is 1. The summed E-state index contributed by atoms with van der Waals surface area (Å²) in [6.45, 7) is 6.33. The van der Waals surface area contributed by atoms with Crippen LogP contribution in [0.5, 0.6) is 0 Å². The molecule has 0 spiro atoms. The fraction of sp³-hybridized carbons (Fsp3) is 0.833. The van der Waals surface area contributed by atoms with Crippen LogP contribution in [0.4, 0.5) is 4.79 Å². The van der Waals surface area contributed by atoms with Crippen molar-refractivity contribution in [1.29, 1.82) is 0 Å². The van der Waals surface area contributed by atoms with E-state index in [0.717, 1.165) is 6.42 Å². The monoisotopic (exact) mass is 135 g/mol. The highest BCUT2D eigenvalue weighted by Gasteiger charge is 1.86. The van der Waals surface area contributed by atoms with Crippen molar-refractivity contribution >= 4 is 6.09 Å². The molecule has 2 N–H and O–H groups in total. The molecule has 0 aliphatic heterocycles. The summed E-state index contributed by atoms with van der Waals surface area (Å²) in [7, 11) is 0. The minimum Gasteiger partial charge on any atom is -0.450 e. The molecule has 0 aromatic rings. The van der Waals surface area contributed by atoms with Gasteiger partial charge in [-0.3, -0.25) is 0 Å². The third kappa shape index (κ3) is 18.9. The summed E-state index contributed by atoms with van der Waals surface area (Å²) in [5.41, 5.74) is 4.62. The number of hydrogen-bond acceptors (Lipinski definition) is 2. The van der Waals surface area contributed by atoms with Crippen LogP contribution in [0.1, 0.15) is 28.6 Å². The van der Waals surface area contributed by atoms with Gasteiger partial charge in [-0.1, -0.05) is 20.8 Å². The Morgan fingerprint density at radius 1 is 1.67 bits per heavy atom. The van der Waals surface area contributed by atoms with Gasteiger partial charge in [-0.05, 0) is 6.42 Å². The van der Waals surface area contributed by atoms with E-state index in [1.807, 2.05) is 20.8 Å². The van der Waals surface area contributed by atoms with Crippen molar-refractivity contribution in [2.45, 2.75) is 27.2 Å². The summed E-state index contributed by atoms with van der Waals surface area (Å²) < 4.78 is 4.33. The summed E-state index contributed by atoms with van der Waals surface area (Å²) in [4.78, 5) is 9.76. The Hall–Kier alpha value is -0.730. The van der Waals surface area contributed by atoms with Crippen LogP contribution in [0.15, 0.2) is 0 Å². The highest BCUT2D eigenvalue weighted by atomic mass is 16.5. The van der Waals surface area contributed by atoms with E-state index < -0.39 is 6.09 Å². The predicted octanol–water partition coefficient (Wildman–Crippen LogP) is 1.76. The second-order valence-electron chi connectivity index (χ2n) is 1.17. The summed E-state index contributed by atoms with van der Waals surface area (Å²) in [6, 6.07) is 0. The molecule has 0 aromatic carbocycles. The quantitative estimate of drug-likeness (QED) is 0.627. The maximum atomic E-state index is 9.76. The molecule has 58 valence electrons. The number of carbonyl (C=O) groups is 1. The average molecular weight is 135 g/mol. The van der Waals surface area contributed by atoms with E-state index in [4.69, 9.17) is 0 Å². The van der Waals surface area contributed by atoms with Gasteiger partial charge in [0, 0.05) is 1.43 Å². The molecule has 3 heteroatoms. The Kier molecular flexibility index (Phi) is 12.7. The first-order valence-corrected chi connectivity index (χ1v) is 3.19. The molecule has 0 radical (unpaired) electrons. The molecule has 0 aliphatic carbocycles. The first kappa shape index (κ1) is 11.1. The van der Waals surface area contributed by atoms with Crippen LogP contribution in [-0.4, -0.2) is 12.7 Å². The van der Waals surface area contributed by atoms with Gasteiger partial charge in [0.25, 0.3) is 0 Å². The van der Waals surface area contributed by atoms with E-state index in [1.54, 1.807) is 0 Å². The minimum absolute atomic E-state index is 0. The van der Waals surface area contributed by atoms with Crippen molar-refractivity contribution < 1.29 is 11.0 Å². The molecular formula is C6H17NO2. The van der Waals surface area contributed by atoms with Gasteiger partial charge in [-0.15, -0.1) is 0 Å². The van der Waals surface area contributed by atoms with Crippen LogP contribution in [0.3, 0.4) is 0 Å². The molecule has 0 saturated carbocycles. The van der Waals surface area contributed by atoms with Crippen LogP contribution in [0, 0.1) is 0 Å². The normalized spacial score (nSPS) is 7.00. The molecule has 0 aliphatic rings. The van der Waals surface area contributed by atoms with E-state index in [-0.39, 0.29) is 1.43 Å². The van der Waals surface area contributed by atoms with Gasteiger partial charge in [0.2, 0.25) is 0 Å². The minimum atomic E-state index is -0.693. The lowest BCUT2D eigenvalue weighted by Crippen LogP contribution is -2.12. The molecule has 1 amide bonds. The van der Waals surface area contributed by atoms with Gasteiger partial charge in [0.05, 0.1) is 6.61 Å². The van der Waals surface area contributed by atoms with Gasteiger partial charge >= 0.3 is 6.09 Å². The average Bonchev–Trinajstić information content (AvgIpc) is 1.88. The number of amides is 1. The summed E-state index contributed by atoms with van der Waals surface area (Å²) in [5, 5.41) is 0. The lowest BCUT2D eigenvalue weighted by Gasteiger charge is -1.93. The first-order valence-electron chi connectivity index (χ1n) is 3.19. The summed E-state index contributed by atoms with van der Waals surface area (Å²) in [6.07, 6.45) is 0.130. The molecule has 0 heterocycles. The Morgan fingerprint density at radius 2 is 2.11 bits per heavy atom. The zero-order chi connectivity index (χ0) is 7.70. The molecule has 0 fully saturated rings. The third-order valence-electron chi connectivity index (χ3n) is 0.448. The molecule has 0 aromatic heterocycles. The Morgan fingerprint density at radius 3 is 2.22 bits per heavy atom. The maximum Gasteiger partial charge on any atom is 0.404 e. The summed E-state index contributed by atoms with van der Waals surface area (Å²) in [5.74, 6) is 0. The largest absolute Gasteiger partial charge is 0.450 e. The third-order valence-corrected chi connectivity index (χ3v) is 0.448. The van der Waals surface area contributed by atoms with Crippen molar-refractivity contribution in [1.82, 2.24) is 0 Å². The van der Waals surface area contributed by atoms with E-state index in [2.05, 4.69) is 10.5 Å². The summed E-state index contributed by atoms with van der Waals surface area (Å²) >= 11 is 0. The molecule has 0 rings (SSSR count). The maximum absolute atomic E-state index is 9.76. The van der Waals surface area contributed by atoms with Crippen molar-refractivity contribution in [2.75, 3.05) is 6.61 Å². The highest BCUT2D eigenvalue weighted by molar-refractivity contribution is 5.64. The standard InChI is InChI=1S/C4H9NO2.C2H6.H2/c1-2-3-7-4(5)6;1-2;/h2-3H2,1H3,(H2,5,6);1-2H3;1H. The van der Waals surface area contributed by atoms with Crippen molar-refractivity contribution in [3.8, 4) is 0 Å². The number of ether oxygens (including phenoxy) is 1. The van der Waals surface area contributed by atoms with E-state index >= 15 is 0 Å². The lowest BCUT2D eigenvalue weighted by molar-refractivity contribution is 0.157. The van der Waals surface area contributed by atoms with Crippen molar-refractivity contribution in [3.05, 3.63) is 0 Å². The van der Waals surface area contributed by atoms with Gasteiger partial charge in [0.15, 0.2) is 0 Å². The zero-order valence-corrected chi connectivity index (χ0v) is 6.31. The SMILES string of the molecule is CC.CCCOC(N)=O.[HH]. The molecule has 0 unspecified atom stereocenters. The molecule has 0 bridgehead atoms. The van der Waals surface area contributed by atoms with E-state index in [0.29, 0.717) is 6.61 Å². The topological polar surface area (TPSA) is 52.3 Å². The Bertz CT molecular complexity index is 68.8. The number of hydrogen-bond donors (Lipinski definition) is 1. The first-order chi connectivity index (χ1) is 4.27. The number of primary amides is 1. The fourth-order valence-electron chi connectivity index (χ4n) is 0.203. The second kappa shape index (κ2) is 10.3. The number of rotatable bonds is 2. The Balaban J connectivity index is -0.000000149. The van der Waals surface area contributed by atoms with Crippen molar-refractivity contribution in [3.63, 3.8) is 0 Å². The molecule has 0 saturated heterocycles. The van der Waals surface area contributed by atoms with E-state index in [1.165, 1.54) is 0 Å². The molecular weight excluding hydrogens is 118 g/mol. The molecule has 0 atom stereocenters. The van der Waals surface area contributed by atoms with Crippen LogP contribution in [0.25, 0.3) is 0 Å². The van der Waals surface area contributed by atoms with Gasteiger partial charge in [-0.2, -0.15) is 0 Å². The van der Waals surface area contributed by atoms with Crippen molar-refractivity contribution in [2.24, 2.45) is 5.73 Å². The van der Waals surface area contributed by atoms with E-state index in [9.17, 15) is 4.79 Å². The fourth-order valence-corrected chi connectivity index (χ4v) is 0.203. The molecule has 3 nitrogen and oxygen atoms in total.